The zero-order valence-electron chi connectivity index (χ0n) is 14.6. The van der Waals surface area contributed by atoms with Crippen molar-refractivity contribution in [3.63, 3.8) is 0 Å². The summed E-state index contributed by atoms with van der Waals surface area (Å²) in [6, 6.07) is 9.74. The quantitative estimate of drug-likeness (QED) is 0.893. The number of amides is 1. The number of nitrogens with zero attached hydrogens (tertiary/aromatic N) is 3. The molecule has 4 rings (SSSR count). The molecule has 8 heteroatoms. The van der Waals surface area contributed by atoms with Crippen LogP contribution in [-0.2, 0) is 14.4 Å². The highest BCUT2D eigenvalue weighted by molar-refractivity contribution is 6.06. The van der Waals surface area contributed by atoms with Crippen molar-refractivity contribution in [1.82, 2.24) is 4.98 Å². The van der Waals surface area contributed by atoms with Crippen molar-refractivity contribution in [3.8, 4) is 0 Å². The van der Waals surface area contributed by atoms with Crippen LogP contribution in [0.5, 0.6) is 0 Å². The van der Waals surface area contributed by atoms with E-state index in [4.69, 9.17) is 9.57 Å². The summed E-state index contributed by atoms with van der Waals surface area (Å²) in [5, 5.41) is 6.70. The molecule has 1 atom stereocenters. The number of anilines is 2. The number of ether oxygens (including phenoxy) is 1. The zero-order valence-corrected chi connectivity index (χ0v) is 14.6. The van der Waals surface area contributed by atoms with Crippen LogP contribution in [0.15, 0.2) is 47.8 Å². The van der Waals surface area contributed by atoms with Crippen molar-refractivity contribution >= 4 is 23.1 Å². The Bertz CT molecular complexity index is 850. The molecule has 1 fully saturated rings. The van der Waals surface area contributed by atoms with Crippen molar-refractivity contribution in [2.75, 3.05) is 36.5 Å². The van der Waals surface area contributed by atoms with E-state index in [0.29, 0.717) is 30.2 Å². The average Bonchev–Trinajstić information content (AvgIpc) is 3.20. The van der Waals surface area contributed by atoms with Gasteiger partial charge in [0.05, 0.1) is 30.8 Å². The highest BCUT2D eigenvalue weighted by Gasteiger charge is 2.29. The first kappa shape index (κ1) is 17.4. The number of hydrogen-bond acceptors (Lipinski definition) is 6. The molecule has 1 aromatic carbocycles. The summed E-state index contributed by atoms with van der Waals surface area (Å²) in [7, 11) is 0. The molecule has 1 N–H and O–H groups in total. The van der Waals surface area contributed by atoms with E-state index in [1.165, 1.54) is 12.1 Å². The number of nitrogens with one attached hydrogen (secondary N) is 1. The van der Waals surface area contributed by atoms with Crippen LogP contribution >= 0.6 is 0 Å². The normalized spacial score (nSPS) is 19.4. The first-order valence-electron chi connectivity index (χ1n) is 8.77. The molecule has 1 amide bonds. The number of hydrogen-bond donors (Lipinski definition) is 1. The lowest BCUT2D eigenvalue weighted by atomic mass is 10.0. The Morgan fingerprint density at radius 1 is 1.22 bits per heavy atom. The fourth-order valence-electron chi connectivity index (χ4n) is 3.02. The monoisotopic (exact) mass is 370 g/mol. The van der Waals surface area contributed by atoms with Crippen molar-refractivity contribution in [3.05, 3.63) is 54.0 Å². The van der Waals surface area contributed by atoms with E-state index >= 15 is 0 Å². The second-order valence-corrected chi connectivity index (χ2v) is 6.34. The molecule has 0 saturated carbocycles. The Balaban J connectivity index is 1.34. The Morgan fingerprint density at radius 2 is 2.07 bits per heavy atom. The Labute approximate surface area is 155 Å². The van der Waals surface area contributed by atoms with E-state index in [0.717, 1.165) is 18.9 Å². The molecule has 0 radical (unpaired) electrons. The van der Waals surface area contributed by atoms with Crippen molar-refractivity contribution in [1.29, 1.82) is 0 Å². The van der Waals surface area contributed by atoms with Gasteiger partial charge in [0.15, 0.2) is 0 Å². The maximum Gasteiger partial charge on any atom is 0.268 e. The molecule has 1 aromatic heterocycles. The highest BCUT2D eigenvalue weighted by Crippen LogP contribution is 2.20. The molecule has 2 aliphatic rings. The van der Waals surface area contributed by atoms with Gasteiger partial charge >= 0.3 is 0 Å². The van der Waals surface area contributed by atoms with Gasteiger partial charge in [-0.05, 0) is 24.3 Å². The molecule has 0 bridgehead atoms. The summed E-state index contributed by atoms with van der Waals surface area (Å²) in [5.74, 6) is 0.186. The minimum atomic E-state index is -0.748. The smallest absolute Gasteiger partial charge is 0.268 e. The molecule has 0 unspecified atom stereocenters. The first-order chi connectivity index (χ1) is 13.2. The minimum absolute atomic E-state index is 0.286. The van der Waals surface area contributed by atoms with Gasteiger partial charge in [0.25, 0.3) is 5.91 Å². The van der Waals surface area contributed by atoms with Gasteiger partial charge in [-0.3, -0.25) is 4.79 Å². The number of morpholine rings is 1. The number of carbonyl (C=O) groups excluding carboxylic acids is 1. The average molecular weight is 370 g/mol. The summed E-state index contributed by atoms with van der Waals surface area (Å²) in [5.41, 5.74) is 1.75. The van der Waals surface area contributed by atoms with Crippen LogP contribution in [0.2, 0.25) is 0 Å². The third-order valence-electron chi connectivity index (χ3n) is 4.47. The number of rotatable bonds is 4. The molecule has 2 aliphatic heterocycles. The van der Waals surface area contributed by atoms with Gasteiger partial charge in [0.1, 0.15) is 11.6 Å². The lowest BCUT2D eigenvalue weighted by Gasteiger charge is -2.27. The Kier molecular flexibility index (Phi) is 4.97. The molecule has 27 heavy (non-hydrogen) atoms. The van der Waals surface area contributed by atoms with Crippen LogP contribution in [0.25, 0.3) is 0 Å². The van der Waals surface area contributed by atoms with Crippen LogP contribution < -0.4 is 10.2 Å². The van der Waals surface area contributed by atoms with Gasteiger partial charge in [0, 0.05) is 25.1 Å². The largest absolute Gasteiger partial charge is 0.382 e. The van der Waals surface area contributed by atoms with Gasteiger partial charge < -0.3 is 19.8 Å². The number of halogens is 1. The number of pyridine rings is 1. The fraction of sp³-hybridized carbons (Fsp3) is 0.316. The second kappa shape index (κ2) is 7.71. The number of oxime groups is 1. The van der Waals surface area contributed by atoms with Crippen LogP contribution in [0.3, 0.4) is 0 Å². The van der Waals surface area contributed by atoms with Crippen molar-refractivity contribution in [2.24, 2.45) is 5.16 Å². The molecular weight excluding hydrogens is 351 g/mol. The number of aromatic nitrogens is 1. The topological polar surface area (TPSA) is 76.1 Å². The maximum absolute atomic E-state index is 13.3. The van der Waals surface area contributed by atoms with Gasteiger partial charge in [-0.2, -0.15) is 0 Å². The van der Waals surface area contributed by atoms with Gasteiger partial charge in [-0.25, -0.2) is 9.37 Å². The Hall–Kier alpha value is -3.00. The van der Waals surface area contributed by atoms with Crippen LogP contribution in [0.4, 0.5) is 15.9 Å². The van der Waals surface area contributed by atoms with E-state index in [1.54, 1.807) is 24.4 Å². The molecule has 1 saturated heterocycles. The third-order valence-corrected chi connectivity index (χ3v) is 4.47. The predicted molar refractivity (Wildman–Crippen MR) is 98.3 cm³/mol. The number of benzene rings is 1. The van der Waals surface area contributed by atoms with E-state index in [2.05, 4.69) is 20.4 Å². The Morgan fingerprint density at radius 3 is 2.81 bits per heavy atom. The zero-order chi connectivity index (χ0) is 18.6. The molecule has 0 spiro atoms. The lowest BCUT2D eigenvalue weighted by molar-refractivity contribution is -0.125. The molecule has 2 aromatic rings. The molecular formula is C19H19FN4O3. The lowest BCUT2D eigenvalue weighted by Crippen LogP contribution is -2.36. The van der Waals surface area contributed by atoms with E-state index in [1.807, 2.05) is 6.07 Å². The standard InChI is InChI=1S/C19H19FN4O3/c20-14-3-1-2-13(10-14)16-11-17(27-23-16)19(25)22-15-4-5-18(21-12-15)24-6-8-26-9-7-24/h1-5,10,12,17H,6-9,11H2,(H,22,25)/t17-/m0/s1. The fourth-order valence-corrected chi connectivity index (χ4v) is 3.02. The highest BCUT2D eigenvalue weighted by atomic mass is 19.1. The minimum Gasteiger partial charge on any atom is -0.382 e. The summed E-state index contributed by atoms with van der Waals surface area (Å²) in [6.07, 6.45) is 1.16. The predicted octanol–water partition coefficient (Wildman–Crippen LogP) is 2.19. The number of carbonyl (C=O) groups is 1. The second-order valence-electron chi connectivity index (χ2n) is 6.34. The third kappa shape index (κ3) is 4.06. The van der Waals surface area contributed by atoms with Gasteiger partial charge in [0.2, 0.25) is 6.10 Å². The van der Waals surface area contributed by atoms with Gasteiger partial charge in [-0.15, -0.1) is 0 Å². The summed E-state index contributed by atoms with van der Waals surface area (Å²) >= 11 is 0. The molecule has 3 heterocycles. The van der Waals surface area contributed by atoms with E-state index in [-0.39, 0.29) is 18.1 Å². The summed E-state index contributed by atoms with van der Waals surface area (Å²) < 4.78 is 18.7. The maximum atomic E-state index is 13.3. The van der Waals surface area contributed by atoms with Crippen LogP contribution in [0, 0.1) is 5.82 Å². The molecule has 0 aliphatic carbocycles. The van der Waals surface area contributed by atoms with E-state index < -0.39 is 6.10 Å². The van der Waals surface area contributed by atoms with Crippen molar-refractivity contribution in [2.45, 2.75) is 12.5 Å². The van der Waals surface area contributed by atoms with Gasteiger partial charge in [-0.1, -0.05) is 17.3 Å². The van der Waals surface area contributed by atoms with E-state index in [9.17, 15) is 9.18 Å². The molecule has 7 nitrogen and oxygen atoms in total. The van der Waals surface area contributed by atoms with Crippen LogP contribution in [-0.4, -0.2) is 49.0 Å². The summed E-state index contributed by atoms with van der Waals surface area (Å²) in [4.78, 5) is 24.2. The molecule has 140 valence electrons. The SMILES string of the molecule is O=C(Nc1ccc(N2CCOCC2)nc1)[C@@H]1CC(c2cccc(F)c2)=NO1. The summed E-state index contributed by atoms with van der Waals surface area (Å²) in [6.45, 7) is 2.98. The first-order valence-corrected chi connectivity index (χ1v) is 8.77. The van der Waals surface area contributed by atoms with Crippen LogP contribution in [0.1, 0.15) is 12.0 Å². The van der Waals surface area contributed by atoms with Crippen molar-refractivity contribution < 1.29 is 18.8 Å².